The number of furan rings is 1. The SMILES string of the molecule is c1ccc(-c2nc(-c3cccc(-c4cccc(-c5nc(-c6ccccc6)nc(-c6cccc7c6oc6ccccc67)n5)c4)c3)cc(-c3ccc4ccccc4c3)n2)cc1. The predicted molar refractivity (Wildman–Crippen MR) is 238 cm³/mol. The van der Waals surface area contributed by atoms with Crippen molar-refractivity contribution in [3.63, 3.8) is 0 Å². The molecule has 11 aromatic rings. The molecule has 0 aliphatic carbocycles. The molecule has 3 heterocycles. The maximum atomic E-state index is 6.43. The van der Waals surface area contributed by atoms with E-state index in [1.165, 1.54) is 10.8 Å². The number of rotatable bonds is 7. The second-order valence-electron chi connectivity index (χ2n) is 14.5. The second kappa shape index (κ2) is 14.4. The molecule has 0 N–H and O–H groups in total. The van der Waals surface area contributed by atoms with Gasteiger partial charge in [-0.1, -0.05) is 164 Å². The minimum Gasteiger partial charge on any atom is -0.455 e. The molecule has 0 unspecified atom stereocenters. The van der Waals surface area contributed by atoms with Gasteiger partial charge < -0.3 is 4.42 Å². The zero-order chi connectivity index (χ0) is 39.1. The molecule has 0 amide bonds. The second-order valence-corrected chi connectivity index (χ2v) is 14.5. The fourth-order valence-corrected chi connectivity index (χ4v) is 7.77. The van der Waals surface area contributed by atoms with Crippen LogP contribution in [0.2, 0.25) is 0 Å². The van der Waals surface area contributed by atoms with Crippen LogP contribution in [0.25, 0.3) is 112 Å². The molecule has 0 bridgehead atoms. The van der Waals surface area contributed by atoms with Crippen LogP contribution in [0.3, 0.4) is 0 Å². The summed E-state index contributed by atoms with van der Waals surface area (Å²) in [5, 5.41) is 4.44. The molecule has 0 aliphatic heterocycles. The van der Waals surface area contributed by atoms with Gasteiger partial charge in [-0.25, -0.2) is 24.9 Å². The van der Waals surface area contributed by atoms with Crippen molar-refractivity contribution in [1.29, 1.82) is 0 Å². The highest BCUT2D eigenvalue weighted by molar-refractivity contribution is 6.09. The van der Waals surface area contributed by atoms with Gasteiger partial charge in [-0.15, -0.1) is 0 Å². The van der Waals surface area contributed by atoms with Crippen LogP contribution in [0.5, 0.6) is 0 Å². The summed E-state index contributed by atoms with van der Waals surface area (Å²) in [6.07, 6.45) is 0. The summed E-state index contributed by atoms with van der Waals surface area (Å²) in [5.74, 6) is 2.39. The Balaban J connectivity index is 1.01. The van der Waals surface area contributed by atoms with Crippen molar-refractivity contribution in [3.05, 3.63) is 200 Å². The fraction of sp³-hybridized carbons (Fsp3) is 0. The van der Waals surface area contributed by atoms with Crippen molar-refractivity contribution in [2.24, 2.45) is 0 Å². The summed E-state index contributed by atoms with van der Waals surface area (Å²) >= 11 is 0. The number of hydrogen-bond acceptors (Lipinski definition) is 6. The Morgan fingerprint density at radius 1 is 0.288 bits per heavy atom. The molecule has 0 fully saturated rings. The first-order valence-electron chi connectivity index (χ1n) is 19.6. The number of para-hydroxylation sites is 2. The molecule has 8 aromatic carbocycles. The third-order valence-corrected chi connectivity index (χ3v) is 10.7. The topological polar surface area (TPSA) is 77.6 Å². The monoisotopic (exact) mass is 755 g/mol. The van der Waals surface area contributed by atoms with Gasteiger partial charge in [0.1, 0.15) is 11.2 Å². The molecule has 6 nitrogen and oxygen atoms in total. The standard InChI is InChI=1S/C53H33N5O/c1-3-15-35(16-4-1)50-54-46(33-47(55-50)41-29-28-34-14-7-8-19-37(34)30-41)40-22-11-20-38(31-40)39-21-12-23-42(32-39)52-56-51(36-17-5-2-6-18-36)57-53(58-52)45-26-13-25-44-43-24-9-10-27-48(43)59-49(44)45/h1-33H. The lowest BCUT2D eigenvalue weighted by Gasteiger charge is -2.12. The summed E-state index contributed by atoms with van der Waals surface area (Å²) in [6.45, 7) is 0. The largest absolute Gasteiger partial charge is 0.455 e. The molecule has 6 heteroatoms. The smallest absolute Gasteiger partial charge is 0.167 e. The molecule has 0 atom stereocenters. The Bertz CT molecular complexity index is 3340. The molecule has 0 radical (unpaired) electrons. The van der Waals surface area contributed by atoms with E-state index in [4.69, 9.17) is 29.3 Å². The van der Waals surface area contributed by atoms with E-state index in [1.54, 1.807) is 0 Å². The number of benzene rings is 8. The Morgan fingerprint density at radius 2 is 0.797 bits per heavy atom. The van der Waals surface area contributed by atoms with Gasteiger partial charge in [0.25, 0.3) is 0 Å². The normalized spacial score (nSPS) is 11.4. The van der Waals surface area contributed by atoms with E-state index in [2.05, 4.69) is 121 Å². The van der Waals surface area contributed by atoms with Crippen LogP contribution in [-0.2, 0) is 0 Å². The van der Waals surface area contributed by atoms with Gasteiger partial charge in [0.2, 0.25) is 0 Å². The summed E-state index contributed by atoms with van der Waals surface area (Å²) in [5.41, 5.74) is 10.9. The van der Waals surface area contributed by atoms with Crippen molar-refractivity contribution >= 4 is 32.7 Å². The Labute approximate surface area is 340 Å². The van der Waals surface area contributed by atoms with E-state index in [0.717, 1.165) is 77.8 Å². The third-order valence-electron chi connectivity index (χ3n) is 10.7. The summed E-state index contributed by atoms with van der Waals surface area (Å²) < 4.78 is 6.43. The molecule has 11 rings (SSSR count). The van der Waals surface area contributed by atoms with Gasteiger partial charge >= 0.3 is 0 Å². The zero-order valence-corrected chi connectivity index (χ0v) is 31.7. The summed E-state index contributed by atoms with van der Waals surface area (Å²) in [7, 11) is 0. The Hall–Kier alpha value is -8.09. The van der Waals surface area contributed by atoms with Crippen molar-refractivity contribution in [2.75, 3.05) is 0 Å². The number of hydrogen-bond donors (Lipinski definition) is 0. The Morgan fingerprint density at radius 3 is 1.54 bits per heavy atom. The van der Waals surface area contributed by atoms with Crippen molar-refractivity contribution in [1.82, 2.24) is 24.9 Å². The zero-order valence-electron chi connectivity index (χ0n) is 31.7. The first-order chi connectivity index (χ1) is 29.2. The van der Waals surface area contributed by atoms with Crippen LogP contribution in [-0.4, -0.2) is 24.9 Å². The van der Waals surface area contributed by atoms with Crippen molar-refractivity contribution in [3.8, 4) is 79.2 Å². The van der Waals surface area contributed by atoms with E-state index in [-0.39, 0.29) is 0 Å². The van der Waals surface area contributed by atoms with Crippen LogP contribution in [0.1, 0.15) is 0 Å². The summed E-state index contributed by atoms with van der Waals surface area (Å²) in [6, 6.07) is 68.3. The van der Waals surface area contributed by atoms with Gasteiger partial charge in [0.05, 0.1) is 17.0 Å². The van der Waals surface area contributed by atoms with E-state index >= 15 is 0 Å². The molecule has 59 heavy (non-hydrogen) atoms. The van der Waals surface area contributed by atoms with Crippen LogP contribution in [0, 0.1) is 0 Å². The lowest BCUT2D eigenvalue weighted by Crippen LogP contribution is -2.00. The van der Waals surface area contributed by atoms with Crippen molar-refractivity contribution < 1.29 is 4.42 Å². The molecular formula is C53H33N5O. The number of aromatic nitrogens is 5. The lowest BCUT2D eigenvalue weighted by atomic mass is 9.98. The van der Waals surface area contributed by atoms with Crippen molar-refractivity contribution in [2.45, 2.75) is 0 Å². The third kappa shape index (κ3) is 6.49. The van der Waals surface area contributed by atoms with E-state index in [9.17, 15) is 0 Å². The molecular weight excluding hydrogens is 723 g/mol. The maximum Gasteiger partial charge on any atom is 0.167 e. The number of fused-ring (bicyclic) bond motifs is 4. The highest BCUT2D eigenvalue weighted by atomic mass is 16.3. The molecule has 3 aromatic heterocycles. The quantitative estimate of drug-likeness (QED) is 0.161. The predicted octanol–water partition coefficient (Wildman–Crippen LogP) is 13.4. The molecule has 0 aliphatic rings. The minimum atomic E-state index is 0.547. The molecule has 0 saturated carbocycles. The lowest BCUT2D eigenvalue weighted by molar-refractivity contribution is 0.669. The number of nitrogens with zero attached hydrogens (tertiary/aromatic N) is 5. The maximum absolute atomic E-state index is 6.43. The van der Waals surface area contributed by atoms with E-state index < -0.39 is 0 Å². The highest BCUT2D eigenvalue weighted by Crippen LogP contribution is 2.37. The summed E-state index contributed by atoms with van der Waals surface area (Å²) in [4.78, 5) is 25.4. The van der Waals surface area contributed by atoms with Gasteiger partial charge in [-0.2, -0.15) is 0 Å². The molecule has 0 saturated heterocycles. The fourth-order valence-electron chi connectivity index (χ4n) is 7.77. The van der Waals surface area contributed by atoms with Crippen LogP contribution in [0.4, 0.5) is 0 Å². The van der Waals surface area contributed by atoms with Crippen LogP contribution in [0.15, 0.2) is 205 Å². The average Bonchev–Trinajstić information content (AvgIpc) is 3.71. The molecule has 276 valence electrons. The minimum absolute atomic E-state index is 0.547. The van der Waals surface area contributed by atoms with Gasteiger partial charge in [0.15, 0.2) is 23.3 Å². The molecule has 0 spiro atoms. The first kappa shape index (κ1) is 34.2. The highest BCUT2D eigenvalue weighted by Gasteiger charge is 2.18. The van der Waals surface area contributed by atoms with Gasteiger partial charge in [-0.05, 0) is 58.3 Å². The first-order valence-corrected chi connectivity index (χ1v) is 19.6. The average molecular weight is 756 g/mol. The Kier molecular flexibility index (Phi) is 8.37. The van der Waals surface area contributed by atoms with Crippen LogP contribution >= 0.6 is 0 Å². The van der Waals surface area contributed by atoms with Crippen LogP contribution < -0.4 is 0 Å². The van der Waals surface area contributed by atoms with E-state index in [1.807, 2.05) is 78.9 Å². The van der Waals surface area contributed by atoms with E-state index in [0.29, 0.717) is 23.3 Å². The van der Waals surface area contributed by atoms with Gasteiger partial charge in [-0.3, -0.25) is 0 Å². The van der Waals surface area contributed by atoms with Gasteiger partial charge in [0, 0.05) is 38.6 Å².